The third kappa shape index (κ3) is 3.26. The maximum atomic E-state index is 12.2. The van der Waals surface area contributed by atoms with Crippen LogP contribution >= 0.6 is 0 Å². The molecule has 1 amide bonds. The number of carbonyl (C=O) groups excluding carboxylic acids is 1. The van der Waals surface area contributed by atoms with E-state index >= 15 is 0 Å². The Labute approximate surface area is 113 Å². The van der Waals surface area contributed by atoms with E-state index in [1.807, 2.05) is 6.92 Å². The van der Waals surface area contributed by atoms with Crippen molar-refractivity contribution in [3.8, 4) is 0 Å². The molecule has 0 aromatic carbocycles. The van der Waals surface area contributed by atoms with E-state index in [0.717, 1.165) is 19.3 Å². The average Bonchev–Trinajstić information content (AvgIpc) is 2.74. The first-order valence-corrected chi connectivity index (χ1v) is 7.20. The monoisotopic (exact) mass is 269 g/mol. The molecule has 5 nitrogen and oxygen atoms in total. The number of amides is 1. The fourth-order valence-corrected chi connectivity index (χ4v) is 3.42. The summed E-state index contributed by atoms with van der Waals surface area (Å²) in [6.45, 7) is 1.98. The van der Waals surface area contributed by atoms with E-state index in [0.29, 0.717) is 19.3 Å². The summed E-state index contributed by atoms with van der Waals surface area (Å²) in [7, 11) is 0. The van der Waals surface area contributed by atoms with Gasteiger partial charge in [0.05, 0.1) is 24.0 Å². The lowest BCUT2D eigenvalue weighted by atomic mass is 9.90. The summed E-state index contributed by atoms with van der Waals surface area (Å²) >= 11 is 0. The van der Waals surface area contributed by atoms with Crippen molar-refractivity contribution in [2.24, 2.45) is 17.8 Å². The van der Waals surface area contributed by atoms with Gasteiger partial charge < -0.3 is 15.5 Å². The summed E-state index contributed by atoms with van der Waals surface area (Å²) in [5, 5.41) is 21.9. The predicted octanol–water partition coefficient (Wildman–Crippen LogP) is 1.15. The molecule has 5 heteroatoms. The van der Waals surface area contributed by atoms with Gasteiger partial charge in [-0.25, -0.2) is 0 Å². The molecule has 0 aliphatic heterocycles. The number of aliphatic carboxylic acids is 1. The van der Waals surface area contributed by atoms with E-state index in [1.54, 1.807) is 0 Å². The van der Waals surface area contributed by atoms with Gasteiger partial charge in [0.15, 0.2) is 0 Å². The summed E-state index contributed by atoms with van der Waals surface area (Å²) in [6, 6.07) is -0.202. The fraction of sp³-hybridized carbons (Fsp3) is 0.857. The van der Waals surface area contributed by atoms with Gasteiger partial charge in [0.25, 0.3) is 0 Å². The van der Waals surface area contributed by atoms with Crippen molar-refractivity contribution in [2.45, 2.75) is 57.6 Å². The molecule has 0 heterocycles. The predicted molar refractivity (Wildman–Crippen MR) is 69.4 cm³/mol. The van der Waals surface area contributed by atoms with E-state index < -0.39 is 23.9 Å². The molecule has 19 heavy (non-hydrogen) atoms. The number of carbonyl (C=O) groups is 2. The van der Waals surface area contributed by atoms with Crippen molar-refractivity contribution < 1.29 is 19.8 Å². The molecule has 0 spiro atoms. The zero-order valence-corrected chi connectivity index (χ0v) is 11.3. The Morgan fingerprint density at radius 2 is 1.74 bits per heavy atom. The van der Waals surface area contributed by atoms with Crippen molar-refractivity contribution in [2.75, 3.05) is 0 Å². The second-order valence-corrected chi connectivity index (χ2v) is 6.09. The lowest BCUT2D eigenvalue weighted by Gasteiger charge is -2.29. The van der Waals surface area contributed by atoms with Crippen LogP contribution in [-0.2, 0) is 9.59 Å². The van der Waals surface area contributed by atoms with Crippen LogP contribution in [-0.4, -0.2) is 34.2 Å². The Bertz CT molecular complexity index is 357. The SMILES string of the molecule is CC1CC(C(=O)O)C(C(=O)N[C@@H]2CCCC[C@H]2O)C1. The lowest BCUT2D eigenvalue weighted by Crippen LogP contribution is -2.48. The van der Waals surface area contributed by atoms with Gasteiger partial charge in [-0.1, -0.05) is 19.8 Å². The molecule has 0 aromatic rings. The van der Waals surface area contributed by atoms with Crippen LogP contribution in [0.3, 0.4) is 0 Å². The third-order valence-corrected chi connectivity index (χ3v) is 4.51. The van der Waals surface area contributed by atoms with Crippen LogP contribution < -0.4 is 5.32 Å². The maximum Gasteiger partial charge on any atom is 0.307 e. The van der Waals surface area contributed by atoms with Crippen LogP contribution in [0.4, 0.5) is 0 Å². The molecule has 2 fully saturated rings. The van der Waals surface area contributed by atoms with Gasteiger partial charge in [0.2, 0.25) is 5.91 Å². The number of hydrogen-bond acceptors (Lipinski definition) is 3. The molecule has 2 saturated carbocycles. The topological polar surface area (TPSA) is 86.6 Å². The zero-order valence-electron chi connectivity index (χ0n) is 11.3. The molecule has 5 atom stereocenters. The molecule has 2 aliphatic rings. The lowest BCUT2D eigenvalue weighted by molar-refractivity contribution is -0.146. The van der Waals surface area contributed by atoms with Crippen molar-refractivity contribution in [1.29, 1.82) is 0 Å². The summed E-state index contributed by atoms with van der Waals surface area (Å²) in [4.78, 5) is 23.4. The number of aliphatic hydroxyl groups is 1. The highest BCUT2D eigenvalue weighted by atomic mass is 16.4. The van der Waals surface area contributed by atoms with Crippen LogP contribution in [0.5, 0.6) is 0 Å². The van der Waals surface area contributed by atoms with E-state index in [4.69, 9.17) is 0 Å². The number of aliphatic hydroxyl groups excluding tert-OH is 1. The first-order valence-electron chi connectivity index (χ1n) is 7.20. The Balaban J connectivity index is 1.96. The van der Waals surface area contributed by atoms with Crippen LogP contribution in [0.15, 0.2) is 0 Å². The fourth-order valence-electron chi connectivity index (χ4n) is 3.42. The standard InChI is InChI=1S/C14H23NO4/c1-8-6-9(10(7-8)14(18)19)13(17)15-11-4-2-3-5-12(11)16/h8-12,16H,2-7H2,1H3,(H,15,17)(H,18,19)/t8?,9?,10?,11-,12-/m1/s1. The first-order chi connectivity index (χ1) is 8.99. The van der Waals surface area contributed by atoms with Gasteiger partial charge in [0.1, 0.15) is 0 Å². The zero-order chi connectivity index (χ0) is 14.0. The van der Waals surface area contributed by atoms with Crippen molar-refractivity contribution in [1.82, 2.24) is 5.32 Å². The molecule has 3 N–H and O–H groups in total. The highest BCUT2D eigenvalue weighted by Gasteiger charge is 2.42. The maximum absolute atomic E-state index is 12.2. The Hall–Kier alpha value is -1.10. The largest absolute Gasteiger partial charge is 0.481 e. The minimum Gasteiger partial charge on any atom is -0.481 e. The van der Waals surface area contributed by atoms with Crippen molar-refractivity contribution in [3.63, 3.8) is 0 Å². The summed E-state index contributed by atoms with van der Waals surface area (Å²) < 4.78 is 0. The quantitative estimate of drug-likeness (QED) is 0.717. The Kier molecular flexibility index (Phi) is 4.45. The van der Waals surface area contributed by atoms with Crippen LogP contribution in [0, 0.1) is 17.8 Å². The molecule has 0 radical (unpaired) electrons. The van der Waals surface area contributed by atoms with Gasteiger partial charge in [0, 0.05) is 0 Å². The van der Waals surface area contributed by atoms with Crippen molar-refractivity contribution in [3.05, 3.63) is 0 Å². The number of nitrogens with one attached hydrogen (secondary N) is 1. The molecule has 3 unspecified atom stereocenters. The van der Waals surface area contributed by atoms with Gasteiger partial charge in [-0.2, -0.15) is 0 Å². The highest BCUT2D eigenvalue weighted by Crippen LogP contribution is 2.36. The Morgan fingerprint density at radius 3 is 2.37 bits per heavy atom. The van der Waals surface area contributed by atoms with E-state index in [1.165, 1.54) is 0 Å². The molecule has 0 saturated heterocycles. The smallest absolute Gasteiger partial charge is 0.307 e. The van der Waals surface area contributed by atoms with Crippen LogP contribution in [0.1, 0.15) is 45.4 Å². The van der Waals surface area contributed by atoms with Crippen LogP contribution in [0.25, 0.3) is 0 Å². The minimum absolute atomic E-state index is 0.192. The molecular formula is C14H23NO4. The first kappa shape index (κ1) is 14.3. The summed E-state index contributed by atoms with van der Waals surface area (Å²) in [6.07, 6.45) is 4.21. The molecule has 0 bridgehead atoms. The normalized spacial score (nSPS) is 38.9. The third-order valence-electron chi connectivity index (χ3n) is 4.51. The molecule has 0 aromatic heterocycles. The van der Waals surface area contributed by atoms with Crippen molar-refractivity contribution >= 4 is 11.9 Å². The van der Waals surface area contributed by atoms with Gasteiger partial charge in [-0.05, 0) is 31.6 Å². The molecule has 2 rings (SSSR count). The minimum atomic E-state index is -0.881. The number of hydrogen-bond donors (Lipinski definition) is 3. The number of carboxylic acid groups (broad SMARTS) is 1. The van der Waals surface area contributed by atoms with Gasteiger partial charge in [-0.3, -0.25) is 9.59 Å². The molecule has 2 aliphatic carbocycles. The molecule has 108 valence electrons. The van der Waals surface area contributed by atoms with E-state index in [9.17, 15) is 19.8 Å². The summed E-state index contributed by atoms with van der Waals surface area (Å²) in [5.74, 6) is -1.82. The number of rotatable bonds is 3. The summed E-state index contributed by atoms with van der Waals surface area (Å²) in [5.41, 5.74) is 0. The van der Waals surface area contributed by atoms with Crippen LogP contribution in [0.2, 0.25) is 0 Å². The number of carboxylic acids is 1. The van der Waals surface area contributed by atoms with E-state index in [-0.39, 0.29) is 17.9 Å². The average molecular weight is 269 g/mol. The van der Waals surface area contributed by atoms with Gasteiger partial charge in [-0.15, -0.1) is 0 Å². The molecular weight excluding hydrogens is 246 g/mol. The Morgan fingerprint density at radius 1 is 1.11 bits per heavy atom. The highest BCUT2D eigenvalue weighted by molar-refractivity contribution is 5.85. The second kappa shape index (κ2) is 5.90. The van der Waals surface area contributed by atoms with Gasteiger partial charge >= 0.3 is 5.97 Å². The second-order valence-electron chi connectivity index (χ2n) is 6.09. The van der Waals surface area contributed by atoms with E-state index in [2.05, 4.69) is 5.32 Å².